The summed E-state index contributed by atoms with van der Waals surface area (Å²) in [7, 11) is 0. The van der Waals surface area contributed by atoms with Crippen molar-refractivity contribution in [1.82, 2.24) is 4.90 Å². The number of carbonyl (C=O) groups is 2. The van der Waals surface area contributed by atoms with Crippen LogP contribution < -0.4 is 0 Å². The Bertz CT molecular complexity index is 468. The Balaban J connectivity index is 2.28. The normalized spacial score (nSPS) is 15.4. The lowest BCUT2D eigenvalue weighted by molar-refractivity contribution is 0.0668. The minimum atomic E-state index is -0.186. The Morgan fingerprint density at radius 2 is 1.71 bits per heavy atom. The summed E-state index contributed by atoms with van der Waals surface area (Å²) in [6.07, 6.45) is 2.94. The van der Waals surface area contributed by atoms with Gasteiger partial charge in [-0.2, -0.15) is 0 Å². The van der Waals surface area contributed by atoms with Crippen LogP contribution in [0.4, 0.5) is 0 Å². The fourth-order valence-electron chi connectivity index (χ4n) is 2.05. The number of rotatable bonds is 3. The van der Waals surface area contributed by atoms with Gasteiger partial charge in [0.2, 0.25) is 0 Å². The average Bonchev–Trinajstić information content (AvgIpc) is 2.56. The van der Waals surface area contributed by atoms with Gasteiger partial charge < -0.3 is 0 Å². The first-order valence-corrected chi connectivity index (χ1v) is 5.76. The van der Waals surface area contributed by atoms with Crippen LogP contribution in [0, 0.1) is 0 Å². The third kappa shape index (κ3) is 2.00. The predicted molar refractivity (Wildman–Crippen MR) is 65.9 cm³/mol. The number of benzene rings is 1. The van der Waals surface area contributed by atoms with Crippen LogP contribution in [-0.4, -0.2) is 23.3 Å². The molecule has 0 bridgehead atoms. The van der Waals surface area contributed by atoms with Crippen molar-refractivity contribution >= 4 is 11.8 Å². The molecule has 0 N–H and O–H groups in total. The minimum Gasteiger partial charge on any atom is -0.270 e. The molecule has 2 amide bonds. The lowest BCUT2D eigenvalue weighted by Gasteiger charge is -2.13. The number of nitrogens with zero attached hydrogens (tertiary/aromatic N) is 1. The number of imide groups is 1. The highest BCUT2D eigenvalue weighted by Gasteiger charge is 2.34. The molecule has 0 radical (unpaired) electrons. The molecule has 0 fully saturated rings. The third-order valence-electron chi connectivity index (χ3n) is 2.84. The molecule has 0 saturated heterocycles. The summed E-state index contributed by atoms with van der Waals surface area (Å²) >= 11 is 0. The molecule has 3 heteroatoms. The number of hydrogen-bond donors (Lipinski definition) is 0. The summed E-state index contributed by atoms with van der Waals surface area (Å²) in [4.78, 5) is 25.4. The lowest BCUT2D eigenvalue weighted by Crippen LogP contribution is -2.31. The van der Waals surface area contributed by atoms with E-state index in [1.807, 2.05) is 19.9 Å². The van der Waals surface area contributed by atoms with Crippen LogP contribution in [0.2, 0.25) is 0 Å². The Kier molecular flexibility index (Phi) is 3.09. The van der Waals surface area contributed by atoms with Crippen LogP contribution >= 0.6 is 0 Å². The van der Waals surface area contributed by atoms with Crippen LogP contribution in [0.5, 0.6) is 0 Å². The first kappa shape index (κ1) is 11.6. The quantitative estimate of drug-likeness (QED) is 0.590. The van der Waals surface area contributed by atoms with Gasteiger partial charge in [0.25, 0.3) is 11.8 Å². The predicted octanol–water partition coefficient (Wildman–Crippen LogP) is 2.64. The van der Waals surface area contributed by atoms with E-state index in [-0.39, 0.29) is 11.8 Å². The molecule has 1 aromatic rings. The van der Waals surface area contributed by atoms with E-state index < -0.39 is 0 Å². The number of fused-ring (bicyclic) bond motifs is 1. The molecule has 17 heavy (non-hydrogen) atoms. The summed E-state index contributed by atoms with van der Waals surface area (Å²) in [6, 6.07) is 6.97. The zero-order valence-corrected chi connectivity index (χ0v) is 10.1. The number of carbonyl (C=O) groups excluding carboxylic acids is 2. The van der Waals surface area contributed by atoms with Gasteiger partial charge in [0.05, 0.1) is 11.1 Å². The van der Waals surface area contributed by atoms with E-state index in [1.54, 1.807) is 24.3 Å². The second-order valence-corrected chi connectivity index (χ2v) is 4.20. The highest BCUT2D eigenvalue weighted by atomic mass is 16.2. The molecular weight excluding hydrogens is 214 g/mol. The van der Waals surface area contributed by atoms with Gasteiger partial charge in [0, 0.05) is 6.54 Å². The smallest absolute Gasteiger partial charge is 0.261 e. The molecule has 0 aliphatic carbocycles. The molecule has 88 valence electrons. The molecular formula is C14H15NO2. The Morgan fingerprint density at radius 3 is 2.18 bits per heavy atom. The van der Waals surface area contributed by atoms with Gasteiger partial charge in [-0.3, -0.25) is 14.5 Å². The van der Waals surface area contributed by atoms with E-state index in [0.717, 1.165) is 12.0 Å². The van der Waals surface area contributed by atoms with Crippen molar-refractivity contribution in [2.75, 3.05) is 6.54 Å². The van der Waals surface area contributed by atoms with E-state index in [4.69, 9.17) is 0 Å². The standard InChI is InChI=1S/C14H15NO2/c1-3-6-10(2)9-15-13(16)11-7-4-5-8-12(11)14(15)17/h4-8H,3,9H2,1-2H3/b10-6-. The second kappa shape index (κ2) is 4.53. The van der Waals surface area contributed by atoms with Gasteiger partial charge in [-0.15, -0.1) is 0 Å². The van der Waals surface area contributed by atoms with Crippen molar-refractivity contribution in [1.29, 1.82) is 0 Å². The summed E-state index contributed by atoms with van der Waals surface area (Å²) in [5, 5.41) is 0. The van der Waals surface area contributed by atoms with E-state index in [2.05, 4.69) is 0 Å². The number of allylic oxidation sites excluding steroid dienone is 1. The Hall–Kier alpha value is -1.90. The molecule has 0 saturated carbocycles. The zero-order chi connectivity index (χ0) is 12.4. The van der Waals surface area contributed by atoms with Crippen LogP contribution in [0.15, 0.2) is 35.9 Å². The fourth-order valence-corrected chi connectivity index (χ4v) is 2.05. The van der Waals surface area contributed by atoms with E-state index in [0.29, 0.717) is 17.7 Å². The molecule has 3 nitrogen and oxygen atoms in total. The summed E-state index contributed by atoms with van der Waals surface area (Å²) in [5.41, 5.74) is 2.07. The minimum absolute atomic E-state index is 0.186. The number of hydrogen-bond acceptors (Lipinski definition) is 2. The van der Waals surface area contributed by atoms with Crippen molar-refractivity contribution in [2.45, 2.75) is 20.3 Å². The molecule has 0 aromatic heterocycles. The largest absolute Gasteiger partial charge is 0.270 e. The maximum atomic E-state index is 12.0. The first-order valence-electron chi connectivity index (χ1n) is 5.76. The van der Waals surface area contributed by atoms with Gasteiger partial charge in [-0.1, -0.05) is 30.7 Å². The highest BCUT2D eigenvalue weighted by molar-refractivity contribution is 6.21. The molecule has 1 aliphatic heterocycles. The molecule has 1 heterocycles. The van der Waals surface area contributed by atoms with Crippen molar-refractivity contribution in [3.05, 3.63) is 47.0 Å². The van der Waals surface area contributed by atoms with Crippen molar-refractivity contribution < 1.29 is 9.59 Å². The highest BCUT2D eigenvalue weighted by Crippen LogP contribution is 2.23. The van der Waals surface area contributed by atoms with Crippen LogP contribution in [0.1, 0.15) is 41.0 Å². The van der Waals surface area contributed by atoms with Crippen LogP contribution in [0.3, 0.4) is 0 Å². The monoisotopic (exact) mass is 229 g/mol. The Morgan fingerprint density at radius 1 is 1.18 bits per heavy atom. The SMILES string of the molecule is CC/C=C(/C)CN1C(=O)c2ccccc2C1=O. The topological polar surface area (TPSA) is 37.4 Å². The van der Waals surface area contributed by atoms with Gasteiger partial charge in [0.15, 0.2) is 0 Å². The number of amides is 2. The summed E-state index contributed by atoms with van der Waals surface area (Å²) in [5.74, 6) is -0.371. The molecule has 1 aromatic carbocycles. The Labute approximate surface area is 101 Å². The average molecular weight is 229 g/mol. The maximum Gasteiger partial charge on any atom is 0.261 e. The molecule has 0 atom stereocenters. The van der Waals surface area contributed by atoms with Gasteiger partial charge in [0.1, 0.15) is 0 Å². The zero-order valence-electron chi connectivity index (χ0n) is 10.1. The van der Waals surface area contributed by atoms with E-state index in [1.165, 1.54) is 4.90 Å². The molecule has 0 spiro atoms. The van der Waals surface area contributed by atoms with E-state index in [9.17, 15) is 9.59 Å². The van der Waals surface area contributed by atoms with Crippen molar-refractivity contribution in [2.24, 2.45) is 0 Å². The van der Waals surface area contributed by atoms with Crippen molar-refractivity contribution in [3.8, 4) is 0 Å². The summed E-state index contributed by atoms with van der Waals surface area (Å²) in [6.45, 7) is 4.36. The fraction of sp³-hybridized carbons (Fsp3) is 0.286. The summed E-state index contributed by atoms with van der Waals surface area (Å²) < 4.78 is 0. The molecule has 0 unspecified atom stereocenters. The van der Waals surface area contributed by atoms with Gasteiger partial charge in [-0.05, 0) is 25.5 Å². The van der Waals surface area contributed by atoms with Crippen molar-refractivity contribution in [3.63, 3.8) is 0 Å². The second-order valence-electron chi connectivity index (χ2n) is 4.20. The van der Waals surface area contributed by atoms with Gasteiger partial charge >= 0.3 is 0 Å². The molecule has 2 rings (SSSR count). The third-order valence-corrected chi connectivity index (χ3v) is 2.84. The van der Waals surface area contributed by atoms with Crippen LogP contribution in [0.25, 0.3) is 0 Å². The van der Waals surface area contributed by atoms with Gasteiger partial charge in [-0.25, -0.2) is 0 Å². The van der Waals surface area contributed by atoms with Crippen LogP contribution in [-0.2, 0) is 0 Å². The molecule has 1 aliphatic rings. The van der Waals surface area contributed by atoms with E-state index >= 15 is 0 Å². The maximum absolute atomic E-state index is 12.0. The lowest BCUT2D eigenvalue weighted by atomic mass is 10.1. The first-order chi connectivity index (χ1) is 8.15.